The third-order valence-electron chi connectivity index (χ3n) is 2.39. The van der Waals surface area contributed by atoms with E-state index in [9.17, 15) is 0 Å². The average Bonchev–Trinajstić information content (AvgIpc) is 2.04. The maximum atomic E-state index is 5.44. The van der Waals surface area contributed by atoms with Crippen LogP contribution in [-0.2, 0) is 9.47 Å². The first-order valence-electron chi connectivity index (χ1n) is 4.48. The monoisotopic (exact) mass is 173 g/mol. The molecule has 0 saturated carbocycles. The zero-order chi connectivity index (χ0) is 9.78. The van der Waals surface area contributed by atoms with Gasteiger partial charge in [0, 0.05) is 14.2 Å². The SMILES string of the molecule is CCC(C)(OC)[C](OC)C(C)C. The smallest absolute Gasteiger partial charge is 0.130 e. The molecule has 73 valence electrons. The molecule has 0 aromatic heterocycles. The average molecular weight is 173 g/mol. The van der Waals surface area contributed by atoms with E-state index in [1.165, 1.54) is 0 Å². The number of hydrogen-bond acceptors (Lipinski definition) is 2. The van der Waals surface area contributed by atoms with Gasteiger partial charge in [0.05, 0.1) is 5.60 Å². The molecule has 0 aromatic rings. The molecule has 0 bridgehead atoms. The van der Waals surface area contributed by atoms with Crippen LogP contribution in [0, 0.1) is 12.0 Å². The molecule has 2 nitrogen and oxygen atoms in total. The molecule has 0 aliphatic carbocycles. The van der Waals surface area contributed by atoms with Gasteiger partial charge < -0.3 is 9.47 Å². The van der Waals surface area contributed by atoms with Crippen LogP contribution in [0.4, 0.5) is 0 Å². The van der Waals surface area contributed by atoms with Gasteiger partial charge in [0.15, 0.2) is 0 Å². The molecular formula is C10H21O2. The van der Waals surface area contributed by atoms with Crippen LogP contribution in [0.1, 0.15) is 34.1 Å². The van der Waals surface area contributed by atoms with E-state index in [0.717, 1.165) is 12.5 Å². The van der Waals surface area contributed by atoms with Crippen LogP contribution < -0.4 is 0 Å². The van der Waals surface area contributed by atoms with E-state index >= 15 is 0 Å². The van der Waals surface area contributed by atoms with E-state index in [1.54, 1.807) is 14.2 Å². The van der Waals surface area contributed by atoms with Gasteiger partial charge in [-0.25, -0.2) is 0 Å². The molecule has 0 saturated heterocycles. The molecule has 0 N–H and O–H groups in total. The zero-order valence-electron chi connectivity index (χ0n) is 9.10. The van der Waals surface area contributed by atoms with Crippen molar-refractivity contribution in [3.8, 4) is 0 Å². The van der Waals surface area contributed by atoms with Crippen molar-refractivity contribution >= 4 is 0 Å². The zero-order valence-corrected chi connectivity index (χ0v) is 9.10. The summed E-state index contributed by atoms with van der Waals surface area (Å²) < 4.78 is 10.8. The molecule has 0 fully saturated rings. The van der Waals surface area contributed by atoms with Crippen LogP contribution in [0.15, 0.2) is 0 Å². The van der Waals surface area contributed by atoms with E-state index in [-0.39, 0.29) is 5.60 Å². The van der Waals surface area contributed by atoms with E-state index in [1.807, 2.05) is 0 Å². The minimum absolute atomic E-state index is 0.233. The van der Waals surface area contributed by atoms with E-state index in [2.05, 4.69) is 27.7 Å². The molecular weight excluding hydrogens is 152 g/mol. The van der Waals surface area contributed by atoms with Gasteiger partial charge >= 0.3 is 0 Å². The summed E-state index contributed by atoms with van der Waals surface area (Å²) in [6.45, 7) is 8.40. The van der Waals surface area contributed by atoms with Gasteiger partial charge in [0.25, 0.3) is 0 Å². The Morgan fingerprint density at radius 3 is 1.92 bits per heavy atom. The second-order valence-electron chi connectivity index (χ2n) is 3.51. The van der Waals surface area contributed by atoms with Crippen molar-refractivity contribution in [2.75, 3.05) is 14.2 Å². The van der Waals surface area contributed by atoms with Gasteiger partial charge in [-0.3, -0.25) is 0 Å². The van der Waals surface area contributed by atoms with Gasteiger partial charge in [-0.15, -0.1) is 0 Å². The lowest BCUT2D eigenvalue weighted by Crippen LogP contribution is -2.38. The minimum Gasteiger partial charge on any atom is -0.375 e. The van der Waals surface area contributed by atoms with Crippen molar-refractivity contribution in [1.29, 1.82) is 0 Å². The lowest BCUT2D eigenvalue weighted by atomic mass is 9.88. The Morgan fingerprint density at radius 1 is 1.33 bits per heavy atom. The molecule has 0 amide bonds. The fourth-order valence-corrected chi connectivity index (χ4v) is 1.48. The highest BCUT2D eigenvalue weighted by Gasteiger charge is 2.35. The molecule has 0 heterocycles. The molecule has 0 aliphatic heterocycles. The van der Waals surface area contributed by atoms with Gasteiger partial charge in [0.2, 0.25) is 0 Å². The predicted molar refractivity (Wildman–Crippen MR) is 50.8 cm³/mol. The topological polar surface area (TPSA) is 18.5 Å². The molecule has 0 rings (SSSR count). The van der Waals surface area contributed by atoms with E-state index in [0.29, 0.717) is 5.92 Å². The molecule has 0 aromatic carbocycles. The fraction of sp³-hybridized carbons (Fsp3) is 0.900. The lowest BCUT2D eigenvalue weighted by Gasteiger charge is -2.35. The Morgan fingerprint density at radius 2 is 1.83 bits per heavy atom. The molecule has 1 radical (unpaired) electrons. The summed E-state index contributed by atoms with van der Waals surface area (Å²) in [5, 5.41) is 0. The van der Waals surface area contributed by atoms with Gasteiger partial charge in [0.1, 0.15) is 6.10 Å². The van der Waals surface area contributed by atoms with Crippen LogP contribution in [0.5, 0.6) is 0 Å². The number of ether oxygens (including phenoxy) is 2. The summed E-state index contributed by atoms with van der Waals surface area (Å²) in [5.41, 5.74) is -0.233. The fourth-order valence-electron chi connectivity index (χ4n) is 1.48. The minimum atomic E-state index is -0.233. The van der Waals surface area contributed by atoms with E-state index < -0.39 is 0 Å². The van der Waals surface area contributed by atoms with Crippen LogP contribution in [0.3, 0.4) is 0 Å². The van der Waals surface area contributed by atoms with Gasteiger partial charge in [-0.05, 0) is 19.3 Å². The molecule has 1 atom stereocenters. The highest BCUT2D eigenvalue weighted by molar-refractivity contribution is 5.01. The summed E-state index contributed by atoms with van der Waals surface area (Å²) in [6, 6.07) is 0. The molecule has 2 heteroatoms. The third kappa shape index (κ3) is 2.46. The number of rotatable bonds is 5. The molecule has 12 heavy (non-hydrogen) atoms. The highest BCUT2D eigenvalue weighted by Crippen LogP contribution is 2.33. The Balaban J connectivity index is 4.43. The Hall–Kier alpha value is -0.0800. The second-order valence-corrected chi connectivity index (χ2v) is 3.51. The normalized spacial score (nSPS) is 17.0. The summed E-state index contributed by atoms with van der Waals surface area (Å²) in [5.74, 6) is 0.403. The van der Waals surface area contributed by atoms with Crippen LogP contribution in [0.2, 0.25) is 0 Å². The van der Waals surface area contributed by atoms with Crippen LogP contribution in [0.25, 0.3) is 0 Å². The molecule has 0 spiro atoms. The molecule has 1 unspecified atom stereocenters. The summed E-state index contributed by atoms with van der Waals surface area (Å²) in [7, 11) is 3.44. The first-order valence-corrected chi connectivity index (χ1v) is 4.48. The van der Waals surface area contributed by atoms with Gasteiger partial charge in [-0.2, -0.15) is 0 Å². The quantitative estimate of drug-likeness (QED) is 0.636. The summed E-state index contributed by atoms with van der Waals surface area (Å²) in [6.07, 6.45) is 1.96. The van der Waals surface area contributed by atoms with Crippen molar-refractivity contribution in [1.82, 2.24) is 0 Å². The Kier molecular flexibility index (Phi) is 4.80. The molecule has 0 aliphatic rings. The highest BCUT2D eigenvalue weighted by atomic mass is 16.5. The van der Waals surface area contributed by atoms with E-state index in [4.69, 9.17) is 9.47 Å². The Bertz CT molecular complexity index is 117. The first kappa shape index (κ1) is 11.9. The van der Waals surface area contributed by atoms with Crippen molar-refractivity contribution in [3.63, 3.8) is 0 Å². The standard InChI is InChI=1S/C10H21O2/c1-7-10(4,12-6)9(11-5)8(2)3/h8H,7H2,1-6H3. The third-order valence-corrected chi connectivity index (χ3v) is 2.39. The first-order chi connectivity index (χ1) is 5.51. The summed E-state index contributed by atoms with van der Waals surface area (Å²) >= 11 is 0. The number of hydrogen-bond donors (Lipinski definition) is 0. The lowest BCUT2D eigenvalue weighted by molar-refractivity contribution is -0.0620. The van der Waals surface area contributed by atoms with Crippen molar-refractivity contribution < 1.29 is 9.47 Å². The largest absolute Gasteiger partial charge is 0.375 e. The predicted octanol–water partition coefficient (Wildman–Crippen LogP) is 2.64. The van der Waals surface area contributed by atoms with Crippen LogP contribution >= 0.6 is 0 Å². The maximum absolute atomic E-state index is 5.44. The van der Waals surface area contributed by atoms with Crippen molar-refractivity contribution in [2.45, 2.75) is 39.7 Å². The number of methoxy groups -OCH3 is 2. The maximum Gasteiger partial charge on any atom is 0.130 e. The summed E-state index contributed by atoms with van der Waals surface area (Å²) in [4.78, 5) is 0. The van der Waals surface area contributed by atoms with Crippen LogP contribution in [-0.4, -0.2) is 19.8 Å². The van der Waals surface area contributed by atoms with Crippen molar-refractivity contribution in [3.05, 3.63) is 6.10 Å². The van der Waals surface area contributed by atoms with Crippen molar-refractivity contribution in [2.24, 2.45) is 5.92 Å². The van der Waals surface area contributed by atoms with Gasteiger partial charge in [-0.1, -0.05) is 20.8 Å². The second kappa shape index (κ2) is 4.83. The Labute approximate surface area is 76.3 Å².